The molecule has 0 aromatic heterocycles. The van der Waals surface area contributed by atoms with Gasteiger partial charge in [0.25, 0.3) is 5.91 Å². The minimum Gasteiger partial charge on any atom is -0.496 e. The molecule has 6 heteroatoms. The molecule has 0 spiro atoms. The Balaban J connectivity index is 2.17. The van der Waals surface area contributed by atoms with E-state index in [4.69, 9.17) is 16.3 Å². The SMILES string of the molecule is COc1cc(NC(C)=O)c(Cl)cc1C(=O)NCc1ccc(C)cc1. The summed E-state index contributed by atoms with van der Waals surface area (Å²) < 4.78 is 5.24. The van der Waals surface area contributed by atoms with Gasteiger partial charge in [0.05, 0.1) is 23.4 Å². The first-order valence-corrected chi connectivity index (χ1v) is 7.77. The van der Waals surface area contributed by atoms with Crippen LogP contribution in [0, 0.1) is 6.92 Å². The molecule has 0 unspecified atom stereocenters. The highest BCUT2D eigenvalue weighted by molar-refractivity contribution is 6.34. The van der Waals surface area contributed by atoms with Crippen molar-refractivity contribution >= 4 is 29.1 Å². The van der Waals surface area contributed by atoms with Gasteiger partial charge in [0, 0.05) is 19.5 Å². The number of rotatable bonds is 5. The first-order valence-electron chi connectivity index (χ1n) is 7.39. The molecule has 0 bridgehead atoms. The molecule has 0 fully saturated rings. The second-order valence-corrected chi connectivity index (χ2v) is 5.79. The van der Waals surface area contributed by atoms with Crippen LogP contribution in [0.4, 0.5) is 5.69 Å². The molecule has 5 nitrogen and oxygen atoms in total. The monoisotopic (exact) mass is 346 g/mol. The van der Waals surface area contributed by atoms with Gasteiger partial charge in [-0.25, -0.2) is 0 Å². The van der Waals surface area contributed by atoms with E-state index in [0.717, 1.165) is 11.1 Å². The number of halogens is 1. The summed E-state index contributed by atoms with van der Waals surface area (Å²) in [6.45, 7) is 3.78. The first-order chi connectivity index (χ1) is 11.4. The van der Waals surface area contributed by atoms with Crippen LogP contribution in [0.25, 0.3) is 0 Å². The van der Waals surface area contributed by atoms with Gasteiger partial charge < -0.3 is 15.4 Å². The molecule has 126 valence electrons. The molecule has 2 rings (SSSR count). The highest BCUT2D eigenvalue weighted by atomic mass is 35.5. The summed E-state index contributed by atoms with van der Waals surface area (Å²) in [4.78, 5) is 23.6. The molecular weight excluding hydrogens is 328 g/mol. The lowest BCUT2D eigenvalue weighted by atomic mass is 10.1. The van der Waals surface area contributed by atoms with E-state index in [1.807, 2.05) is 31.2 Å². The van der Waals surface area contributed by atoms with Crippen molar-refractivity contribution in [2.75, 3.05) is 12.4 Å². The van der Waals surface area contributed by atoms with Crippen molar-refractivity contribution in [1.82, 2.24) is 5.32 Å². The molecule has 0 radical (unpaired) electrons. The van der Waals surface area contributed by atoms with E-state index in [2.05, 4.69) is 10.6 Å². The molecule has 2 aromatic carbocycles. The van der Waals surface area contributed by atoms with Crippen molar-refractivity contribution in [3.63, 3.8) is 0 Å². The predicted molar refractivity (Wildman–Crippen MR) is 94.7 cm³/mol. The van der Waals surface area contributed by atoms with Crippen LogP contribution in [0.1, 0.15) is 28.4 Å². The van der Waals surface area contributed by atoms with Crippen LogP contribution in [0.5, 0.6) is 5.75 Å². The minimum absolute atomic E-state index is 0.254. The summed E-state index contributed by atoms with van der Waals surface area (Å²) in [6.07, 6.45) is 0. The zero-order chi connectivity index (χ0) is 17.7. The van der Waals surface area contributed by atoms with Crippen LogP contribution in [-0.2, 0) is 11.3 Å². The number of carbonyl (C=O) groups excluding carboxylic acids is 2. The molecule has 2 amide bonds. The fraction of sp³-hybridized carbons (Fsp3) is 0.222. The Bertz CT molecular complexity index is 758. The van der Waals surface area contributed by atoms with Gasteiger partial charge in [0.15, 0.2) is 0 Å². The van der Waals surface area contributed by atoms with Crippen molar-refractivity contribution in [2.24, 2.45) is 0 Å². The summed E-state index contributed by atoms with van der Waals surface area (Å²) in [5.74, 6) is -0.219. The number of hydrogen-bond acceptors (Lipinski definition) is 3. The Kier molecular flexibility index (Phi) is 5.82. The van der Waals surface area contributed by atoms with Gasteiger partial charge in [0.1, 0.15) is 5.75 Å². The molecule has 0 saturated carbocycles. The lowest BCUT2D eigenvalue weighted by Crippen LogP contribution is -2.23. The third kappa shape index (κ3) is 4.49. The molecule has 24 heavy (non-hydrogen) atoms. The average molecular weight is 347 g/mol. The van der Waals surface area contributed by atoms with E-state index < -0.39 is 0 Å². The van der Waals surface area contributed by atoms with Crippen molar-refractivity contribution in [3.05, 3.63) is 58.1 Å². The lowest BCUT2D eigenvalue weighted by Gasteiger charge is -2.13. The zero-order valence-electron chi connectivity index (χ0n) is 13.8. The van der Waals surface area contributed by atoms with Gasteiger partial charge in [-0.2, -0.15) is 0 Å². The topological polar surface area (TPSA) is 67.4 Å². The van der Waals surface area contributed by atoms with Gasteiger partial charge in [-0.1, -0.05) is 41.4 Å². The zero-order valence-corrected chi connectivity index (χ0v) is 14.5. The van der Waals surface area contributed by atoms with Gasteiger partial charge in [-0.3, -0.25) is 9.59 Å². The second-order valence-electron chi connectivity index (χ2n) is 5.38. The molecule has 0 atom stereocenters. The van der Waals surface area contributed by atoms with E-state index >= 15 is 0 Å². The van der Waals surface area contributed by atoms with E-state index in [1.165, 1.54) is 26.2 Å². The van der Waals surface area contributed by atoms with Gasteiger partial charge in [0.2, 0.25) is 5.91 Å². The third-order valence-corrected chi connectivity index (χ3v) is 3.73. The summed E-state index contributed by atoms with van der Waals surface area (Å²) in [5, 5.41) is 5.70. The number of methoxy groups -OCH3 is 1. The van der Waals surface area contributed by atoms with Crippen molar-refractivity contribution in [1.29, 1.82) is 0 Å². The standard InChI is InChI=1S/C18H19ClN2O3/c1-11-4-6-13(7-5-11)10-20-18(23)14-8-15(19)16(21-12(2)22)9-17(14)24-3/h4-9H,10H2,1-3H3,(H,20,23)(H,21,22). The number of ether oxygens (including phenoxy) is 1. The fourth-order valence-corrected chi connectivity index (χ4v) is 2.38. The van der Waals surface area contributed by atoms with Crippen LogP contribution in [0.15, 0.2) is 36.4 Å². The molecule has 0 heterocycles. The minimum atomic E-state index is -0.302. The Morgan fingerprint density at radius 3 is 2.42 bits per heavy atom. The van der Waals surface area contributed by atoms with Gasteiger partial charge >= 0.3 is 0 Å². The van der Waals surface area contributed by atoms with Gasteiger partial charge in [-0.05, 0) is 18.6 Å². The Morgan fingerprint density at radius 1 is 1.17 bits per heavy atom. The number of anilines is 1. The quantitative estimate of drug-likeness (QED) is 0.870. The molecule has 0 aliphatic heterocycles. The third-order valence-electron chi connectivity index (χ3n) is 3.42. The van der Waals surface area contributed by atoms with Crippen molar-refractivity contribution in [2.45, 2.75) is 20.4 Å². The summed E-state index contributed by atoms with van der Waals surface area (Å²) in [7, 11) is 1.46. The lowest BCUT2D eigenvalue weighted by molar-refractivity contribution is -0.114. The van der Waals surface area contributed by atoms with Crippen LogP contribution < -0.4 is 15.4 Å². The number of amides is 2. The average Bonchev–Trinajstić information content (AvgIpc) is 2.55. The normalized spacial score (nSPS) is 10.2. The number of nitrogens with one attached hydrogen (secondary N) is 2. The Hall–Kier alpha value is -2.53. The van der Waals surface area contributed by atoms with Crippen LogP contribution >= 0.6 is 11.6 Å². The maximum Gasteiger partial charge on any atom is 0.255 e. The molecule has 0 aliphatic carbocycles. The van der Waals surface area contributed by atoms with Crippen LogP contribution in [0.2, 0.25) is 5.02 Å². The molecular formula is C18H19ClN2O3. The summed E-state index contributed by atoms with van der Waals surface area (Å²) in [6, 6.07) is 10.9. The Morgan fingerprint density at radius 2 is 1.83 bits per heavy atom. The van der Waals surface area contributed by atoms with Crippen molar-refractivity contribution < 1.29 is 14.3 Å². The fourth-order valence-electron chi connectivity index (χ4n) is 2.17. The van der Waals surface area contributed by atoms with E-state index in [0.29, 0.717) is 23.5 Å². The van der Waals surface area contributed by atoms with Gasteiger partial charge in [-0.15, -0.1) is 0 Å². The molecule has 2 aromatic rings. The number of aryl methyl sites for hydroxylation is 1. The highest BCUT2D eigenvalue weighted by Crippen LogP contribution is 2.31. The molecule has 0 saturated heterocycles. The maximum atomic E-state index is 12.4. The number of benzene rings is 2. The smallest absolute Gasteiger partial charge is 0.255 e. The molecule has 2 N–H and O–H groups in total. The second kappa shape index (κ2) is 7.84. The number of carbonyl (C=O) groups is 2. The van der Waals surface area contributed by atoms with Crippen molar-refractivity contribution in [3.8, 4) is 5.75 Å². The van der Waals surface area contributed by atoms with E-state index in [1.54, 1.807) is 0 Å². The van der Waals surface area contributed by atoms with Crippen LogP contribution in [0.3, 0.4) is 0 Å². The van der Waals surface area contributed by atoms with Crippen LogP contribution in [-0.4, -0.2) is 18.9 Å². The van der Waals surface area contributed by atoms with E-state index in [-0.39, 0.29) is 16.8 Å². The number of hydrogen-bond donors (Lipinski definition) is 2. The largest absolute Gasteiger partial charge is 0.496 e. The van der Waals surface area contributed by atoms with E-state index in [9.17, 15) is 9.59 Å². The highest BCUT2D eigenvalue weighted by Gasteiger charge is 2.16. The Labute approximate surface area is 146 Å². The first kappa shape index (κ1) is 17.8. The maximum absolute atomic E-state index is 12.4. The summed E-state index contributed by atoms with van der Waals surface area (Å²) in [5.41, 5.74) is 2.86. The predicted octanol–water partition coefficient (Wildman–Crippen LogP) is 3.55. The summed E-state index contributed by atoms with van der Waals surface area (Å²) >= 11 is 6.13. The molecule has 0 aliphatic rings.